The monoisotopic (exact) mass is 243 g/mol. The van der Waals surface area contributed by atoms with Crippen LogP contribution in [0.2, 0.25) is 4.47 Å². The Balaban J connectivity index is 1.95. The highest BCUT2D eigenvalue weighted by atomic mass is 35.5. The van der Waals surface area contributed by atoms with Crippen molar-refractivity contribution in [1.82, 2.24) is 10.2 Å². The molecule has 0 saturated heterocycles. The molecule has 0 aliphatic rings. The summed E-state index contributed by atoms with van der Waals surface area (Å²) in [6.45, 7) is 0. The van der Waals surface area contributed by atoms with Crippen molar-refractivity contribution in [3.63, 3.8) is 0 Å². The standard InChI is InChI=1S/C8H6ClN3S2/c9-7-10-11-8(13-7)12-14-6-4-2-1-3-5-6/h1-5H,(H,11,12). The minimum Gasteiger partial charge on any atom is -0.300 e. The highest BCUT2D eigenvalue weighted by Crippen LogP contribution is 2.25. The van der Waals surface area contributed by atoms with E-state index in [0.29, 0.717) is 9.60 Å². The molecule has 14 heavy (non-hydrogen) atoms. The quantitative estimate of drug-likeness (QED) is 0.840. The highest BCUT2D eigenvalue weighted by molar-refractivity contribution is 8.00. The summed E-state index contributed by atoms with van der Waals surface area (Å²) >= 11 is 8.44. The van der Waals surface area contributed by atoms with Gasteiger partial charge in [-0.15, -0.1) is 10.2 Å². The maximum atomic E-state index is 5.64. The molecule has 0 atom stereocenters. The maximum Gasteiger partial charge on any atom is 0.217 e. The Labute approximate surface area is 94.6 Å². The fraction of sp³-hybridized carbons (Fsp3) is 0. The van der Waals surface area contributed by atoms with E-state index >= 15 is 0 Å². The van der Waals surface area contributed by atoms with Gasteiger partial charge >= 0.3 is 0 Å². The highest BCUT2D eigenvalue weighted by Gasteiger charge is 2.00. The molecule has 1 aromatic carbocycles. The molecule has 0 spiro atoms. The first-order valence-electron chi connectivity index (χ1n) is 3.81. The van der Waals surface area contributed by atoms with Crippen molar-refractivity contribution in [2.24, 2.45) is 0 Å². The smallest absolute Gasteiger partial charge is 0.217 e. The summed E-state index contributed by atoms with van der Waals surface area (Å²) in [5, 5.41) is 8.23. The van der Waals surface area contributed by atoms with Gasteiger partial charge in [0, 0.05) is 4.90 Å². The molecule has 72 valence electrons. The van der Waals surface area contributed by atoms with Gasteiger partial charge in [-0.1, -0.05) is 29.5 Å². The third-order valence-electron chi connectivity index (χ3n) is 1.40. The van der Waals surface area contributed by atoms with Gasteiger partial charge in [0.2, 0.25) is 9.60 Å². The number of benzene rings is 1. The zero-order valence-electron chi connectivity index (χ0n) is 6.98. The first kappa shape index (κ1) is 9.76. The Morgan fingerprint density at radius 3 is 2.64 bits per heavy atom. The van der Waals surface area contributed by atoms with Crippen molar-refractivity contribution < 1.29 is 0 Å². The minimum atomic E-state index is 0.446. The Hall–Kier alpha value is -0.780. The van der Waals surface area contributed by atoms with E-state index < -0.39 is 0 Å². The molecule has 2 rings (SSSR count). The molecule has 3 nitrogen and oxygen atoms in total. The van der Waals surface area contributed by atoms with Crippen molar-refractivity contribution in [3.8, 4) is 0 Å². The number of hydrogen-bond acceptors (Lipinski definition) is 5. The summed E-state index contributed by atoms with van der Waals surface area (Å²) < 4.78 is 3.50. The molecule has 0 aliphatic carbocycles. The normalized spacial score (nSPS) is 10.1. The molecule has 2 aromatic rings. The first-order valence-corrected chi connectivity index (χ1v) is 5.82. The average Bonchev–Trinajstić information content (AvgIpc) is 2.63. The third kappa shape index (κ3) is 2.60. The summed E-state index contributed by atoms with van der Waals surface area (Å²) in [5.41, 5.74) is 0. The molecule has 0 aliphatic heterocycles. The number of hydrogen-bond donors (Lipinski definition) is 1. The Bertz CT molecular complexity index is 404. The van der Waals surface area contributed by atoms with Crippen molar-refractivity contribution in [2.75, 3.05) is 4.72 Å². The van der Waals surface area contributed by atoms with Crippen molar-refractivity contribution in [2.45, 2.75) is 4.90 Å². The van der Waals surface area contributed by atoms with Gasteiger partial charge in [0.25, 0.3) is 0 Å². The van der Waals surface area contributed by atoms with E-state index in [1.54, 1.807) is 0 Å². The van der Waals surface area contributed by atoms with Crippen LogP contribution in [0.15, 0.2) is 35.2 Å². The Morgan fingerprint density at radius 2 is 2.00 bits per heavy atom. The molecule has 1 aromatic heterocycles. The fourth-order valence-electron chi connectivity index (χ4n) is 0.838. The molecule has 0 fully saturated rings. The number of anilines is 1. The summed E-state index contributed by atoms with van der Waals surface area (Å²) in [6, 6.07) is 9.97. The van der Waals surface area contributed by atoms with E-state index in [4.69, 9.17) is 11.6 Å². The summed E-state index contributed by atoms with van der Waals surface area (Å²) in [6.07, 6.45) is 0. The molecule has 0 bridgehead atoms. The topological polar surface area (TPSA) is 37.8 Å². The van der Waals surface area contributed by atoms with E-state index in [1.165, 1.54) is 23.3 Å². The minimum absolute atomic E-state index is 0.446. The van der Waals surface area contributed by atoms with Gasteiger partial charge < -0.3 is 4.72 Å². The van der Waals surface area contributed by atoms with Crippen LogP contribution in [0.25, 0.3) is 0 Å². The maximum absolute atomic E-state index is 5.64. The summed E-state index contributed by atoms with van der Waals surface area (Å²) in [4.78, 5) is 1.12. The van der Waals surface area contributed by atoms with Crippen LogP contribution in [0, 0.1) is 0 Å². The van der Waals surface area contributed by atoms with Gasteiger partial charge in [0.15, 0.2) is 0 Å². The molecular formula is C8H6ClN3S2. The lowest BCUT2D eigenvalue weighted by atomic mass is 10.4. The number of nitrogens with one attached hydrogen (secondary N) is 1. The van der Waals surface area contributed by atoms with Gasteiger partial charge in [-0.25, -0.2) is 0 Å². The van der Waals surface area contributed by atoms with E-state index in [2.05, 4.69) is 14.9 Å². The fourth-order valence-corrected chi connectivity index (χ4v) is 2.25. The van der Waals surface area contributed by atoms with Crippen LogP contribution < -0.4 is 4.72 Å². The largest absolute Gasteiger partial charge is 0.300 e. The van der Waals surface area contributed by atoms with Crippen molar-refractivity contribution in [3.05, 3.63) is 34.8 Å². The molecule has 0 amide bonds. The Morgan fingerprint density at radius 1 is 1.21 bits per heavy atom. The molecule has 1 N–H and O–H groups in total. The zero-order chi connectivity index (χ0) is 9.80. The van der Waals surface area contributed by atoms with Gasteiger partial charge in [0.1, 0.15) is 0 Å². The lowest BCUT2D eigenvalue weighted by Crippen LogP contribution is -1.84. The van der Waals surface area contributed by atoms with Crippen LogP contribution in [0.3, 0.4) is 0 Å². The van der Waals surface area contributed by atoms with E-state index in [-0.39, 0.29) is 0 Å². The van der Waals surface area contributed by atoms with Crippen LogP contribution in [0.5, 0.6) is 0 Å². The second-order valence-electron chi connectivity index (χ2n) is 2.38. The van der Waals surface area contributed by atoms with Gasteiger partial charge in [-0.05, 0) is 35.7 Å². The second kappa shape index (κ2) is 4.63. The SMILES string of the molecule is Clc1nnc(NSc2ccccc2)s1. The molecule has 0 unspecified atom stereocenters. The van der Waals surface area contributed by atoms with E-state index in [0.717, 1.165) is 4.90 Å². The van der Waals surface area contributed by atoms with Crippen LogP contribution in [-0.2, 0) is 0 Å². The van der Waals surface area contributed by atoms with Gasteiger partial charge in [-0.3, -0.25) is 0 Å². The van der Waals surface area contributed by atoms with Crippen LogP contribution in [0.1, 0.15) is 0 Å². The zero-order valence-corrected chi connectivity index (χ0v) is 9.36. The predicted octanol–water partition coefficient (Wildman–Crippen LogP) is 3.31. The van der Waals surface area contributed by atoms with Crippen LogP contribution >= 0.6 is 34.9 Å². The molecule has 0 radical (unpaired) electrons. The lowest BCUT2D eigenvalue weighted by Gasteiger charge is -1.99. The average molecular weight is 244 g/mol. The van der Waals surface area contributed by atoms with E-state index in [9.17, 15) is 0 Å². The molecule has 1 heterocycles. The summed E-state index contributed by atoms with van der Waals surface area (Å²) in [5.74, 6) is 0. The van der Waals surface area contributed by atoms with Crippen LogP contribution in [-0.4, -0.2) is 10.2 Å². The van der Waals surface area contributed by atoms with Crippen molar-refractivity contribution in [1.29, 1.82) is 0 Å². The summed E-state index contributed by atoms with van der Waals surface area (Å²) in [7, 11) is 0. The molecule has 0 saturated carbocycles. The number of rotatable bonds is 3. The molecular weight excluding hydrogens is 238 g/mol. The Kier molecular flexibility index (Phi) is 3.23. The molecule has 6 heteroatoms. The first-order chi connectivity index (χ1) is 6.84. The lowest BCUT2D eigenvalue weighted by molar-refractivity contribution is 1.10. The number of nitrogens with zero attached hydrogens (tertiary/aromatic N) is 2. The van der Waals surface area contributed by atoms with Crippen molar-refractivity contribution >= 4 is 40.0 Å². The van der Waals surface area contributed by atoms with Crippen LogP contribution in [0.4, 0.5) is 5.13 Å². The van der Waals surface area contributed by atoms with Gasteiger partial charge in [-0.2, -0.15) is 0 Å². The number of aromatic nitrogens is 2. The third-order valence-corrected chi connectivity index (χ3v) is 3.27. The number of halogens is 1. The van der Waals surface area contributed by atoms with E-state index in [1.807, 2.05) is 30.3 Å². The van der Waals surface area contributed by atoms with Gasteiger partial charge in [0.05, 0.1) is 0 Å². The second-order valence-corrected chi connectivity index (χ2v) is 4.82. The predicted molar refractivity (Wildman–Crippen MR) is 60.8 cm³/mol.